The Hall–Kier alpha value is -1.47. The van der Waals surface area contributed by atoms with Crippen LogP contribution in [0.15, 0.2) is 24.4 Å². The van der Waals surface area contributed by atoms with E-state index in [2.05, 4.69) is 4.98 Å². The molecule has 0 radical (unpaired) electrons. The second-order valence-corrected chi connectivity index (χ2v) is 5.08. The predicted octanol–water partition coefficient (Wildman–Crippen LogP) is 4.36. The first-order valence-electron chi connectivity index (χ1n) is 5.29. The summed E-state index contributed by atoms with van der Waals surface area (Å²) in [6.07, 6.45) is 1.85. The van der Waals surface area contributed by atoms with Crippen LogP contribution in [0.2, 0.25) is 15.1 Å². The number of anilines is 1. The molecule has 0 bridgehead atoms. The number of nitrogens with two attached hydrogens (primary N) is 1. The van der Waals surface area contributed by atoms with Gasteiger partial charge in [0.1, 0.15) is 0 Å². The zero-order valence-electron chi connectivity index (χ0n) is 9.62. The van der Waals surface area contributed by atoms with Gasteiger partial charge in [-0.2, -0.15) is 5.26 Å². The average Bonchev–Trinajstić information content (AvgIpc) is 2.35. The zero-order chi connectivity index (χ0) is 14.0. The Morgan fingerprint density at radius 2 is 1.79 bits per heavy atom. The highest BCUT2D eigenvalue weighted by Crippen LogP contribution is 2.36. The quantitative estimate of drug-likeness (QED) is 0.838. The Labute approximate surface area is 125 Å². The van der Waals surface area contributed by atoms with Crippen molar-refractivity contribution in [3.63, 3.8) is 0 Å². The smallest absolute Gasteiger partial charge is 0.0946 e. The van der Waals surface area contributed by atoms with Gasteiger partial charge in [0.05, 0.1) is 38.9 Å². The number of halogens is 3. The van der Waals surface area contributed by atoms with Gasteiger partial charge >= 0.3 is 0 Å². The molecule has 0 atom stereocenters. The Morgan fingerprint density at radius 1 is 1.11 bits per heavy atom. The summed E-state index contributed by atoms with van der Waals surface area (Å²) in [7, 11) is 0. The highest BCUT2D eigenvalue weighted by molar-refractivity contribution is 6.44. The number of pyridine rings is 1. The normalized spacial score (nSPS) is 10.2. The monoisotopic (exact) mass is 311 g/mol. The number of nitriles is 1. The van der Waals surface area contributed by atoms with Crippen LogP contribution in [-0.2, 0) is 6.42 Å². The predicted molar refractivity (Wildman–Crippen MR) is 78.4 cm³/mol. The van der Waals surface area contributed by atoms with Crippen LogP contribution in [0, 0.1) is 11.3 Å². The van der Waals surface area contributed by atoms with Crippen molar-refractivity contribution in [1.29, 1.82) is 5.26 Å². The van der Waals surface area contributed by atoms with Gasteiger partial charge in [0, 0.05) is 11.8 Å². The molecule has 3 nitrogen and oxygen atoms in total. The van der Waals surface area contributed by atoms with Crippen LogP contribution in [0.4, 0.5) is 5.69 Å². The number of benzene rings is 1. The molecule has 1 aromatic heterocycles. The summed E-state index contributed by atoms with van der Waals surface area (Å²) in [5.74, 6) is 0. The van der Waals surface area contributed by atoms with Crippen LogP contribution in [0.25, 0.3) is 11.3 Å². The molecule has 0 amide bonds. The summed E-state index contributed by atoms with van der Waals surface area (Å²) in [4.78, 5) is 4.24. The van der Waals surface area contributed by atoms with Crippen molar-refractivity contribution >= 4 is 40.5 Å². The maximum absolute atomic E-state index is 8.64. The average molecular weight is 313 g/mol. The molecule has 0 unspecified atom stereocenters. The third-order valence-corrected chi connectivity index (χ3v) is 3.56. The van der Waals surface area contributed by atoms with Crippen molar-refractivity contribution in [2.45, 2.75) is 6.42 Å². The molecular formula is C13H8Cl3N3. The summed E-state index contributed by atoms with van der Waals surface area (Å²) in [6.45, 7) is 0. The van der Waals surface area contributed by atoms with Gasteiger partial charge in [-0.25, -0.2) is 0 Å². The molecule has 1 heterocycles. The van der Waals surface area contributed by atoms with Gasteiger partial charge in [0.15, 0.2) is 0 Å². The number of nitrogen functional groups attached to an aromatic ring is 1. The molecule has 0 spiro atoms. The zero-order valence-corrected chi connectivity index (χ0v) is 11.9. The summed E-state index contributed by atoms with van der Waals surface area (Å²) >= 11 is 18.0. The Bertz CT molecular complexity index is 678. The molecule has 0 saturated carbocycles. The van der Waals surface area contributed by atoms with E-state index < -0.39 is 0 Å². The van der Waals surface area contributed by atoms with E-state index in [1.807, 2.05) is 6.07 Å². The fourth-order valence-corrected chi connectivity index (χ4v) is 2.28. The lowest BCUT2D eigenvalue weighted by molar-refractivity contribution is 1.20. The van der Waals surface area contributed by atoms with E-state index in [4.69, 9.17) is 45.8 Å². The summed E-state index contributed by atoms with van der Waals surface area (Å²) < 4.78 is 0. The van der Waals surface area contributed by atoms with E-state index in [-0.39, 0.29) is 6.42 Å². The Morgan fingerprint density at radius 3 is 2.42 bits per heavy atom. The number of hydrogen-bond acceptors (Lipinski definition) is 3. The van der Waals surface area contributed by atoms with Gasteiger partial charge in [-0.15, -0.1) is 0 Å². The fourth-order valence-electron chi connectivity index (χ4n) is 1.64. The van der Waals surface area contributed by atoms with Crippen LogP contribution < -0.4 is 5.73 Å². The summed E-state index contributed by atoms with van der Waals surface area (Å²) in [5, 5.41) is 9.80. The van der Waals surface area contributed by atoms with Gasteiger partial charge in [-0.3, -0.25) is 4.98 Å². The molecule has 96 valence electrons. The lowest BCUT2D eigenvalue weighted by Gasteiger charge is -2.09. The molecule has 6 heteroatoms. The second-order valence-electron chi connectivity index (χ2n) is 3.86. The lowest BCUT2D eigenvalue weighted by atomic mass is 10.1. The van der Waals surface area contributed by atoms with Crippen LogP contribution in [-0.4, -0.2) is 4.98 Å². The van der Waals surface area contributed by atoms with Crippen molar-refractivity contribution in [2.24, 2.45) is 0 Å². The molecule has 0 saturated heterocycles. The van der Waals surface area contributed by atoms with Crippen molar-refractivity contribution in [3.8, 4) is 17.3 Å². The molecule has 0 fully saturated rings. The van der Waals surface area contributed by atoms with E-state index in [0.717, 1.165) is 5.56 Å². The SMILES string of the molecule is N#CCc1cnc(-c2cc(Cl)c(Cl)cc2Cl)c(N)c1. The first kappa shape index (κ1) is 14.0. The third-order valence-electron chi connectivity index (χ3n) is 2.52. The molecular weight excluding hydrogens is 305 g/mol. The fraction of sp³-hybridized carbons (Fsp3) is 0.0769. The summed E-state index contributed by atoms with van der Waals surface area (Å²) in [5.41, 5.74) is 8.25. The van der Waals surface area contributed by atoms with Gasteiger partial charge < -0.3 is 5.73 Å². The highest BCUT2D eigenvalue weighted by Gasteiger charge is 2.12. The van der Waals surface area contributed by atoms with Gasteiger partial charge in [0.2, 0.25) is 0 Å². The van der Waals surface area contributed by atoms with E-state index in [9.17, 15) is 0 Å². The van der Waals surface area contributed by atoms with Crippen LogP contribution >= 0.6 is 34.8 Å². The molecule has 19 heavy (non-hydrogen) atoms. The van der Waals surface area contributed by atoms with Crippen molar-refractivity contribution in [1.82, 2.24) is 4.98 Å². The van der Waals surface area contributed by atoms with Crippen molar-refractivity contribution in [3.05, 3.63) is 45.0 Å². The highest BCUT2D eigenvalue weighted by atomic mass is 35.5. The molecule has 0 aliphatic rings. The maximum Gasteiger partial charge on any atom is 0.0946 e. The molecule has 2 aromatic rings. The van der Waals surface area contributed by atoms with E-state index in [1.165, 1.54) is 0 Å². The lowest BCUT2D eigenvalue weighted by Crippen LogP contribution is -1.96. The van der Waals surface area contributed by atoms with Gasteiger partial charge in [-0.1, -0.05) is 34.8 Å². The van der Waals surface area contributed by atoms with E-state index in [1.54, 1.807) is 24.4 Å². The molecule has 2 rings (SSSR count). The standard InChI is InChI=1S/C13H8Cl3N3/c14-9-5-11(16)10(15)4-8(9)13-12(18)3-7(1-2-17)6-19-13/h3-6H,1,18H2. The largest absolute Gasteiger partial charge is 0.397 e. The Kier molecular flexibility index (Phi) is 4.16. The molecule has 0 aliphatic carbocycles. The van der Waals surface area contributed by atoms with Crippen molar-refractivity contribution in [2.75, 3.05) is 5.73 Å². The Balaban J connectivity index is 2.54. The van der Waals surface area contributed by atoms with Gasteiger partial charge in [-0.05, 0) is 23.8 Å². The number of hydrogen-bond donors (Lipinski definition) is 1. The minimum atomic E-state index is 0.257. The molecule has 1 aromatic carbocycles. The first-order valence-corrected chi connectivity index (χ1v) is 6.42. The number of aromatic nitrogens is 1. The van der Waals surface area contributed by atoms with Crippen LogP contribution in [0.5, 0.6) is 0 Å². The van der Waals surface area contributed by atoms with Crippen LogP contribution in [0.3, 0.4) is 0 Å². The molecule has 2 N–H and O–H groups in total. The second kappa shape index (κ2) is 5.66. The van der Waals surface area contributed by atoms with Gasteiger partial charge in [0.25, 0.3) is 0 Å². The maximum atomic E-state index is 8.64. The minimum Gasteiger partial charge on any atom is -0.397 e. The minimum absolute atomic E-state index is 0.257. The van der Waals surface area contributed by atoms with Crippen LogP contribution in [0.1, 0.15) is 5.56 Å². The summed E-state index contributed by atoms with van der Waals surface area (Å²) in [6, 6.07) is 6.90. The van der Waals surface area contributed by atoms with Crippen molar-refractivity contribution < 1.29 is 0 Å². The molecule has 0 aliphatic heterocycles. The number of rotatable bonds is 2. The third kappa shape index (κ3) is 2.93. The first-order chi connectivity index (χ1) is 9.02. The topological polar surface area (TPSA) is 62.7 Å². The van der Waals surface area contributed by atoms with E-state index >= 15 is 0 Å². The number of nitrogens with zero attached hydrogens (tertiary/aromatic N) is 2. The van der Waals surface area contributed by atoms with E-state index in [0.29, 0.717) is 32.0 Å².